The van der Waals surface area contributed by atoms with Crippen molar-refractivity contribution < 1.29 is 9.53 Å². The Hall–Kier alpha value is -1.31. The Morgan fingerprint density at radius 3 is 2.71 bits per heavy atom. The highest BCUT2D eigenvalue weighted by atomic mass is 16.5. The molecule has 0 heterocycles. The van der Waals surface area contributed by atoms with Crippen LogP contribution in [0.5, 0.6) is 5.75 Å². The molecule has 1 saturated carbocycles. The second-order valence-corrected chi connectivity index (χ2v) is 4.85. The maximum absolute atomic E-state index is 11.6. The molecular formula is C15H20O2. The largest absolute Gasteiger partial charge is 0.493 e. The molecule has 1 aliphatic rings. The molecule has 2 rings (SSSR count). The lowest BCUT2D eigenvalue weighted by Gasteiger charge is -2.25. The Bertz CT molecular complexity index is 405. The number of hydrogen-bond acceptors (Lipinski definition) is 2. The molecule has 1 aromatic carbocycles. The van der Waals surface area contributed by atoms with Crippen molar-refractivity contribution in [3.8, 4) is 5.75 Å². The van der Waals surface area contributed by atoms with Crippen LogP contribution < -0.4 is 4.74 Å². The summed E-state index contributed by atoms with van der Waals surface area (Å²) in [6.07, 6.45) is 4.80. The molecule has 0 aliphatic heterocycles. The summed E-state index contributed by atoms with van der Waals surface area (Å²) >= 11 is 0. The smallest absolute Gasteiger partial charge is 0.163 e. The number of ketones is 1. The standard InChI is InChI=1S/C15H20O2/c1-3-12-7-8-15(14(9-12)11(2)16)17-10-13-5-4-6-13/h7-9,13H,3-6,10H2,1-2H3. The lowest BCUT2D eigenvalue weighted by atomic mass is 9.86. The summed E-state index contributed by atoms with van der Waals surface area (Å²) in [5.41, 5.74) is 1.91. The van der Waals surface area contributed by atoms with Crippen LogP contribution in [-0.4, -0.2) is 12.4 Å². The average Bonchev–Trinajstić information content (AvgIpc) is 2.27. The molecule has 0 radical (unpaired) electrons. The Balaban J connectivity index is 2.10. The highest BCUT2D eigenvalue weighted by molar-refractivity contribution is 5.97. The Kier molecular flexibility index (Phi) is 3.82. The van der Waals surface area contributed by atoms with Crippen LogP contribution >= 0.6 is 0 Å². The van der Waals surface area contributed by atoms with Crippen molar-refractivity contribution in [1.29, 1.82) is 0 Å². The number of carbonyl (C=O) groups excluding carboxylic acids is 1. The Labute approximate surface area is 103 Å². The van der Waals surface area contributed by atoms with E-state index in [9.17, 15) is 4.79 Å². The number of rotatable bonds is 5. The van der Waals surface area contributed by atoms with Gasteiger partial charge in [0.15, 0.2) is 5.78 Å². The normalized spacial score (nSPS) is 15.4. The van der Waals surface area contributed by atoms with E-state index in [4.69, 9.17) is 4.74 Å². The molecule has 0 aromatic heterocycles. The number of Topliss-reactive ketones (excluding diaryl/α,β-unsaturated/α-hetero) is 1. The molecule has 0 saturated heterocycles. The maximum atomic E-state index is 11.6. The van der Waals surface area contributed by atoms with Gasteiger partial charge in [0.05, 0.1) is 12.2 Å². The first kappa shape index (κ1) is 12.2. The zero-order valence-corrected chi connectivity index (χ0v) is 10.7. The van der Waals surface area contributed by atoms with Gasteiger partial charge in [-0.1, -0.05) is 19.4 Å². The fraction of sp³-hybridized carbons (Fsp3) is 0.533. The van der Waals surface area contributed by atoms with E-state index in [1.807, 2.05) is 18.2 Å². The van der Waals surface area contributed by atoms with E-state index in [0.717, 1.165) is 24.3 Å². The van der Waals surface area contributed by atoms with E-state index in [0.29, 0.717) is 5.92 Å². The first-order chi connectivity index (χ1) is 8.20. The van der Waals surface area contributed by atoms with Gasteiger partial charge in [-0.2, -0.15) is 0 Å². The Morgan fingerprint density at radius 2 is 2.18 bits per heavy atom. The number of hydrogen-bond donors (Lipinski definition) is 0. The molecule has 2 heteroatoms. The predicted molar refractivity (Wildman–Crippen MR) is 68.7 cm³/mol. The highest BCUT2D eigenvalue weighted by Gasteiger charge is 2.19. The monoisotopic (exact) mass is 232 g/mol. The second kappa shape index (κ2) is 5.35. The number of carbonyl (C=O) groups is 1. The van der Waals surface area contributed by atoms with Crippen LogP contribution in [0.1, 0.15) is 49.0 Å². The summed E-state index contributed by atoms with van der Waals surface area (Å²) in [6.45, 7) is 4.45. The van der Waals surface area contributed by atoms with Crippen molar-refractivity contribution in [1.82, 2.24) is 0 Å². The van der Waals surface area contributed by atoms with Crippen LogP contribution in [-0.2, 0) is 6.42 Å². The van der Waals surface area contributed by atoms with E-state index < -0.39 is 0 Å². The SMILES string of the molecule is CCc1ccc(OCC2CCC2)c(C(C)=O)c1. The number of aryl methyl sites for hydroxylation is 1. The first-order valence-electron chi connectivity index (χ1n) is 6.47. The summed E-state index contributed by atoms with van der Waals surface area (Å²) in [4.78, 5) is 11.6. The van der Waals surface area contributed by atoms with Crippen molar-refractivity contribution in [2.24, 2.45) is 5.92 Å². The lowest BCUT2D eigenvalue weighted by Crippen LogP contribution is -2.20. The molecule has 0 amide bonds. The van der Waals surface area contributed by atoms with Crippen molar-refractivity contribution in [3.05, 3.63) is 29.3 Å². The third kappa shape index (κ3) is 2.87. The van der Waals surface area contributed by atoms with E-state index in [2.05, 4.69) is 6.92 Å². The number of ether oxygens (including phenoxy) is 1. The third-order valence-electron chi connectivity index (χ3n) is 3.53. The summed E-state index contributed by atoms with van der Waals surface area (Å²) < 4.78 is 5.78. The van der Waals surface area contributed by atoms with E-state index >= 15 is 0 Å². The van der Waals surface area contributed by atoms with Crippen molar-refractivity contribution in [3.63, 3.8) is 0 Å². The highest BCUT2D eigenvalue weighted by Crippen LogP contribution is 2.28. The van der Waals surface area contributed by atoms with Crippen molar-refractivity contribution in [2.45, 2.75) is 39.5 Å². The second-order valence-electron chi connectivity index (χ2n) is 4.85. The Morgan fingerprint density at radius 1 is 1.41 bits per heavy atom. The molecule has 17 heavy (non-hydrogen) atoms. The molecular weight excluding hydrogens is 212 g/mol. The zero-order chi connectivity index (χ0) is 12.3. The molecule has 1 aromatic rings. The topological polar surface area (TPSA) is 26.3 Å². The first-order valence-corrected chi connectivity index (χ1v) is 6.47. The molecule has 0 N–H and O–H groups in total. The van der Waals surface area contributed by atoms with E-state index in [-0.39, 0.29) is 5.78 Å². The van der Waals surface area contributed by atoms with Gasteiger partial charge in [0.2, 0.25) is 0 Å². The van der Waals surface area contributed by atoms with Crippen LogP contribution in [0.15, 0.2) is 18.2 Å². The zero-order valence-electron chi connectivity index (χ0n) is 10.7. The van der Waals surface area contributed by atoms with E-state index in [1.165, 1.54) is 24.8 Å². The third-order valence-corrected chi connectivity index (χ3v) is 3.53. The van der Waals surface area contributed by atoms with Gasteiger partial charge < -0.3 is 4.74 Å². The van der Waals surface area contributed by atoms with Crippen molar-refractivity contribution >= 4 is 5.78 Å². The molecule has 1 aliphatic carbocycles. The van der Waals surface area contributed by atoms with Crippen LogP contribution in [0.25, 0.3) is 0 Å². The van der Waals surface area contributed by atoms with Crippen molar-refractivity contribution in [2.75, 3.05) is 6.61 Å². The average molecular weight is 232 g/mol. The van der Waals surface area contributed by atoms with Gasteiger partial charge in [-0.3, -0.25) is 4.79 Å². The summed E-state index contributed by atoms with van der Waals surface area (Å²) in [5.74, 6) is 1.53. The molecule has 0 bridgehead atoms. The predicted octanol–water partition coefficient (Wildman–Crippen LogP) is 3.63. The fourth-order valence-corrected chi connectivity index (χ4v) is 2.07. The molecule has 0 unspecified atom stereocenters. The van der Waals surface area contributed by atoms with Crippen LogP contribution in [0, 0.1) is 5.92 Å². The number of benzene rings is 1. The van der Waals surface area contributed by atoms with Gasteiger partial charge in [0.25, 0.3) is 0 Å². The molecule has 1 fully saturated rings. The minimum absolute atomic E-state index is 0.0870. The molecule has 0 atom stereocenters. The van der Waals surface area contributed by atoms with Gasteiger partial charge in [0.1, 0.15) is 5.75 Å². The van der Waals surface area contributed by atoms with Gasteiger partial charge in [-0.05, 0) is 49.8 Å². The van der Waals surface area contributed by atoms with Crippen LogP contribution in [0.4, 0.5) is 0 Å². The van der Waals surface area contributed by atoms with Gasteiger partial charge >= 0.3 is 0 Å². The molecule has 92 valence electrons. The van der Waals surface area contributed by atoms with Gasteiger partial charge in [0, 0.05) is 0 Å². The minimum atomic E-state index is 0.0870. The van der Waals surface area contributed by atoms with Crippen LogP contribution in [0.2, 0.25) is 0 Å². The lowest BCUT2D eigenvalue weighted by molar-refractivity contribution is 0.101. The fourth-order valence-electron chi connectivity index (χ4n) is 2.07. The quantitative estimate of drug-likeness (QED) is 0.725. The summed E-state index contributed by atoms with van der Waals surface area (Å²) in [7, 11) is 0. The van der Waals surface area contributed by atoms with E-state index in [1.54, 1.807) is 6.92 Å². The minimum Gasteiger partial charge on any atom is -0.493 e. The molecule has 2 nitrogen and oxygen atoms in total. The summed E-state index contributed by atoms with van der Waals surface area (Å²) in [6, 6.07) is 5.94. The van der Waals surface area contributed by atoms with Crippen LogP contribution in [0.3, 0.4) is 0 Å². The molecule has 0 spiro atoms. The maximum Gasteiger partial charge on any atom is 0.163 e. The van der Waals surface area contributed by atoms with Gasteiger partial charge in [-0.15, -0.1) is 0 Å². The summed E-state index contributed by atoms with van der Waals surface area (Å²) in [5, 5.41) is 0. The van der Waals surface area contributed by atoms with Gasteiger partial charge in [-0.25, -0.2) is 0 Å².